The van der Waals surface area contributed by atoms with Gasteiger partial charge in [-0.2, -0.15) is 4.68 Å². The number of hydrogen-bond donors (Lipinski definition) is 2. The number of carbonyl (C=O) groups is 1. The maximum atomic E-state index is 11.3. The largest absolute Gasteiger partial charge is 0.491 e. The smallest absolute Gasteiger partial charge is 0.352 e. The Bertz CT molecular complexity index is 738. The molecule has 2 aromatic rings. The lowest BCUT2D eigenvalue weighted by molar-refractivity contribution is -0.132. The van der Waals surface area contributed by atoms with E-state index in [0.29, 0.717) is 5.75 Å². The van der Waals surface area contributed by atoms with Crippen molar-refractivity contribution in [3.8, 4) is 5.75 Å². The van der Waals surface area contributed by atoms with Crippen LogP contribution in [-0.4, -0.2) is 37.4 Å². The van der Waals surface area contributed by atoms with Gasteiger partial charge in [-0.3, -0.25) is 0 Å². The summed E-state index contributed by atoms with van der Waals surface area (Å²) < 4.78 is 7.33. The molecule has 0 saturated carbocycles. The third kappa shape index (κ3) is 2.50. The molecule has 1 atom stereocenters. The molecule has 1 aliphatic rings. The maximum Gasteiger partial charge on any atom is 0.352 e. The van der Waals surface area contributed by atoms with Gasteiger partial charge in [-0.1, -0.05) is 23.3 Å². The van der Waals surface area contributed by atoms with Crippen molar-refractivity contribution in [3.63, 3.8) is 0 Å². The number of carboxylic acids is 1. The zero-order valence-electron chi connectivity index (χ0n) is 12.1. The SMILES string of the molecule is CC(C)Oc1ccccc1[C@@H]1C=C(C(=O)O)Nc2nnnn21. The van der Waals surface area contributed by atoms with Gasteiger partial charge in [-0.05, 0) is 36.4 Å². The number of rotatable bonds is 4. The summed E-state index contributed by atoms with van der Waals surface area (Å²) in [4.78, 5) is 11.3. The quantitative estimate of drug-likeness (QED) is 0.881. The van der Waals surface area contributed by atoms with E-state index >= 15 is 0 Å². The lowest BCUT2D eigenvalue weighted by Gasteiger charge is -2.24. The van der Waals surface area contributed by atoms with Gasteiger partial charge < -0.3 is 15.2 Å². The average molecular weight is 301 g/mol. The molecule has 2 heterocycles. The summed E-state index contributed by atoms with van der Waals surface area (Å²) in [5, 5.41) is 23.3. The normalized spacial score (nSPS) is 16.7. The molecule has 1 aromatic carbocycles. The molecule has 1 aliphatic heterocycles. The zero-order valence-corrected chi connectivity index (χ0v) is 12.1. The van der Waals surface area contributed by atoms with Gasteiger partial charge in [0.1, 0.15) is 17.5 Å². The highest BCUT2D eigenvalue weighted by Gasteiger charge is 2.28. The number of tetrazole rings is 1. The second-order valence-electron chi connectivity index (χ2n) is 5.11. The van der Waals surface area contributed by atoms with Gasteiger partial charge in [0.05, 0.1) is 6.10 Å². The van der Waals surface area contributed by atoms with E-state index in [1.165, 1.54) is 4.68 Å². The zero-order chi connectivity index (χ0) is 15.7. The summed E-state index contributed by atoms with van der Waals surface area (Å²) >= 11 is 0. The molecule has 0 fully saturated rings. The van der Waals surface area contributed by atoms with E-state index in [-0.39, 0.29) is 17.7 Å². The molecular formula is C14H15N5O3. The van der Waals surface area contributed by atoms with Crippen LogP contribution in [0.4, 0.5) is 5.95 Å². The number of fused-ring (bicyclic) bond motifs is 1. The maximum absolute atomic E-state index is 11.3. The number of benzene rings is 1. The Balaban J connectivity index is 2.09. The Hall–Kier alpha value is -2.90. The Morgan fingerprint density at radius 3 is 2.91 bits per heavy atom. The third-order valence-corrected chi connectivity index (χ3v) is 3.16. The first-order valence-corrected chi connectivity index (χ1v) is 6.82. The fourth-order valence-corrected chi connectivity index (χ4v) is 2.29. The highest BCUT2D eigenvalue weighted by Crippen LogP contribution is 2.33. The number of hydrogen-bond acceptors (Lipinski definition) is 6. The lowest BCUT2D eigenvalue weighted by atomic mass is 10.0. The summed E-state index contributed by atoms with van der Waals surface area (Å²) in [6.07, 6.45) is 1.56. The molecule has 0 aliphatic carbocycles. The lowest BCUT2D eigenvalue weighted by Crippen LogP contribution is -2.25. The molecule has 8 nitrogen and oxygen atoms in total. The molecule has 0 radical (unpaired) electrons. The van der Waals surface area contributed by atoms with Crippen molar-refractivity contribution in [2.75, 3.05) is 5.32 Å². The number of nitrogens with zero attached hydrogens (tertiary/aromatic N) is 4. The minimum absolute atomic E-state index is 0.000804. The van der Waals surface area contributed by atoms with Gasteiger partial charge in [0.25, 0.3) is 0 Å². The minimum atomic E-state index is -1.07. The van der Waals surface area contributed by atoms with E-state index in [0.717, 1.165) is 5.56 Å². The van der Waals surface area contributed by atoms with E-state index in [4.69, 9.17) is 4.74 Å². The Labute approximate surface area is 126 Å². The van der Waals surface area contributed by atoms with Crippen molar-refractivity contribution in [1.82, 2.24) is 20.2 Å². The van der Waals surface area contributed by atoms with Gasteiger partial charge in [0.2, 0.25) is 5.95 Å². The number of para-hydroxylation sites is 1. The first-order chi connectivity index (χ1) is 10.6. The van der Waals surface area contributed by atoms with Crippen LogP contribution in [0, 0.1) is 0 Å². The molecule has 0 bridgehead atoms. The highest BCUT2D eigenvalue weighted by molar-refractivity contribution is 5.90. The van der Waals surface area contributed by atoms with Crippen molar-refractivity contribution in [2.24, 2.45) is 0 Å². The van der Waals surface area contributed by atoms with Crippen LogP contribution in [0.15, 0.2) is 36.0 Å². The monoisotopic (exact) mass is 301 g/mol. The standard InChI is InChI=1S/C14H15N5O3/c1-8(2)22-12-6-4-3-5-9(12)11-7-10(13(20)21)15-14-16-17-18-19(11)14/h3-8,11H,1-2H3,(H,20,21)(H,15,16,18)/t11-/m0/s1. The molecule has 3 rings (SSSR count). The fraction of sp³-hybridized carbons (Fsp3) is 0.286. The molecule has 0 saturated heterocycles. The van der Waals surface area contributed by atoms with Gasteiger partial charge in [0.15, 0.2) is 0 Å². The van der Waals surface area contributed by atoms with Crippen molar-refractivity contribution >= 4 is 11.9 Å². The summed E-state index contributed by atoms with van der Waals surface area (Å²) in [5.41, 5.74) is 0.830. The Kier molecular flexibility index (Phi) is 3.50. The predicted octanol–water partition coefficient (Wildman–Crippen LogP) is 1.44. The Morgan fingerprint density at radius 2 is 2.18 bits per heavy atom. The first-order valence-electron chi connectivity index (χ1n) is 6.82. The van der Waals surface area contributed by atoms with Gasteiger partial charge in [0, 0.05) is 5.56 Å². The highest BCUT2D eigenvalue weighted by atomic mass is 16.5. The van der Waals surface area contributed by atoms with Gasteiger partial charge in [-0.15, -0.1) is 0 Å². The number of carboxylic acid groups (broad SMARTS) is 1. The third-order valence-electron chi connectivity index (χ3n) is 3.16. The van der Waals surface area contributed by atoms with Crippen LogP contribution in [0.3, 0.4) is 0 Å². The molecule has 1 aromatic heterocycles. The fourth-order valence-electron chi connectivity index (χ4n) is 2.29. The summed E-state index contributed by atoms with van der Waals surface area (Å²) in [5.74, 6) is -0.113. The molecule has 0 amide bonds. The number of ether oxygens (including phenoxy) is 1. The number of nitrogens with one attached hydrogen (secondary N) is 1. The van der Waals surface area contributed by atoms with Crippen LogP contribution >= 0.6 is 0 Å². The number of aromatic nitrogens is 4. The second-order valence-corrected chi connectivity index (χ2v) is 5.11. The van der Waals surface area contributed by atoms with Crippen LogP contribution in [0.2, 0.25) is 0 Å². The van der Waals surface area contributed by atoms with E-state index < -0.39 is 12.0 Å². The molecule has 0 spiro atoms. The van der Waals surface area contributed by atoms with Crippen LogP contribution in [-0.2, 0) is 4.79 Å². The average Bonchev–Trinajstić information content (AvgIpc) is 2.94. The molecule has 8 heteroatoms. The first kappa shape index (κ1) is 14.1. The van der Waals surface area contributed by atoms with Crippen molar-refractivity contribution in [1.29, 1.82) is 0 Å². The van der Waals surface area contributed by atoms with E-state index in [9.17, 15) is 9.90 Å². The van der Waals surface area contributed by atoms with Crippen LogP contribution in [0.5, 0.6) is 5.75 Å². The van der Waals surface area contributed by atoms with E-state index in [1.54, 1.807) is 6.08 Å². The predicted molar refractivity (Wildman–Crippen MR) is 77.5 cm³/mol. The Morgan fingerprint density at radius 1 is 1.41 bits per heavy atom. The van der Waals surface area contributed by atoms with E-state index in [1.807, 2.05) is 38.1 Å². The van der Waals surface area contributed by atoms with Crippen LogP contribution in [0.25, 0.3) is 0 Å². The summed E-state index contributed by atoms with van der Waals surface area (Å²) in [7, 11) is 0. The number of allylic oxidation sites excluding steroid dienone is 1. The molecule has 22 heavy (non-hydrogen) atoms. The summed E-state index contributed by atoms with van der Waals surface area (Å²) in [6, 6.07) is 6.99. The molecule has 2 N–H and O–H groups in total. The van der Waals surface area contributed by atoms with Crippen molar-refractivity contribution in [3.05, 3.63) is 41.6 Å². The van der Waals surface area contributed by atoms with Crippen molar-refractivity contribution < 1.29 is 14.6 Å². The number of anilines is 1. The van der Waals surface area contributed by atoms with Gasteiger partial charge in [-0.25, -0.2) is 4.79 Å². The molecule has 114 valence electrons. The van der Waals surface area contributed by atoms with Crippen LogP contribution in [0.1, 0.15) is 25.5 Å². The second kappa shape index (κ2) is 5.47. The summed E-state index contributed by atoms with van der Waals surface area (Å²) in [6.45, 7) is 3.86. The minimum Gasteiger partial charge on any atom is -0.491 e. The molecular weight excluding hydrogens is 286 g/mol. The van der Waals surface area contributed by atoms with Crippen molar-refractivity contribution in [2.45, 2.75) is 26.0 Å². The topological polar surface area (TPSA) is 102 Å². The number of aliphatic carboxylic acids is 1. The van der Waals surface area contributed by atoms with Crippen LogP contribution < -0.4 is 10.1 Å². The van der Waals surface area contributed by atoms with Gasteiger partial charge >= 0.3 is 5.97 Å². The van der Waals surface area contributed by atoms with E-state index in [2.05, 4.69) is 20.8 Å². The molecule has 0 unspecified atom stereocenters.